The highest BCUT2D eigenvalue weighted by atomic mass is 16.7. The lowest BCUT2D eigenvalue weighted by molar-refractivity contribution is 0.00578. The lowest BCUT2D eigenvalue weighted by Gasteiger charge is -2.32. The summed E-state index contributed by atoms with van der Waals surface area (Å²) in [5, 5.41) is 4.46. The average molecular weight is 262 g/mol. The SMILES string of the molecule is CC1(C)OB(c2cc3n(n2)CCCC3=O)OC1(C)C. The Hall–Kier alpha value is -1.14. The zero-order valence-corrected chi connectivity index (χ0v) is 11.9. The normalized spacial score (nSPS) is 24.6. The number of rotatable bonds is 1. The van der Waals surface area contributed by atoms with Crippen molar-refractivity contribution in [1.82, 2.24) is 9.78 Å². The maximum atomic E-state index is 11.8. The van der Waals surface area contributed by atoms with E-state index in [1.807, 2.05) is 33.8 Å². The van der Waals surface area contributed by atoms with Crippen LogP contribution in [-0.2, 0) is 15.9 Å². The maximum absolute atomic E-state index is 11.8. The summed E-state index contributed by atoms with van der Waals surface area (Å²) in [6, 6.07) is 1.81. The molecule has 0 saturated carbocycles. The van der Waals surface area contributed by atoms with Crippen LogP contribution >= 0.6 is 0 Å². The van der Waals surface area contributed by atoms with Crippen molar-refractivity contribution in [3.05, 3.63) is 11.8 Å². The molecule has 3 heterocycles. The van der Waals surface area contributed by atoms with Gasteiger partial charge in [0, 0.05) is 13.0 Å². The zero-order chi connectivity index (χ0) is 13.8. The van der Waals surface area contributed by atoms with Gasteiger partial charge in [-0.1, -0.05) is 0 Å². The average Bonchev–Trinajstić information content (AvgIpc) is 2.80. The van der Waals surface area contributed by atoms with E-state index in [9.17, 15) is 4.79 Å². The lowest BCUT2D eigenvalue weighted by atomic mass is 9.84. The van der Waals surface area contributed by atoms with E-state index in [1.165, 1.54) is 0 Å². The molecule has 2 aliphatic rings. The number of aryl methyl sites for hydroxylation is 1. The molecule has 0 aromatic carbocycles. The van der Waals surface area contributed by atoms with E-state index < -0.39 is 7.12 Å². The van der Waals surface area contributed by atoms with Crippen molar-refractivity contribution in [2.45, 2.75) is 58.3 Å². The molecular formula is C13H19BN2O3. The summed E-state index contributed by atoms with van der Waals surface area (Å²) in [4.78, 5) is 11.8. The number of carbonyl (C=O) groups excluding carboxylic acids is 1. The third kappa shape index (κ3) is 1.94. The largest absolute Gasteiger partial charge is 0.516 e. The quantitative estimate of drug-likeness (QED) is 0.712. The van der Waals surface area contributed by atoms with Gasteiger partial charge in [-0.3, -0.25) is 9.48 Å². The molecule has 1 saturated heterocycles. The van der Waals surface area contributed by atoms with Crippen molar-refractivity contribution in [3.63, 3.8) is 0 Å². The summed E-state index contributed by atoms with van der Waals surface area (Å²) in [7, 11) is -0.490. The second-order valence-electron chi connectivity index (χ2n) is 6.29. The molecule has 0 spiro atoms. The van der Waals surface area contributed by atoms with Gasteiger partial charge >= 0.3 is 7.12 Å². The molecule has 0 bridgehead atoms. The zero-order valence-electron chi connectivity index (χ0n) is 11.9. The van der Waals surface area contributed by atoms with Crippen LogP contribution in [0.25, 0.3) is 0 Å². The lowest BCUT2D eigenvalue weighted by Crippen LogP contribution is -2.41. The predicted molar refractivity (Wildman–Crippen MR) is 71.5 cm³/mol. The van der Waals surface area contributed by atoms with Crippen molar-refractivity contribution < 1.29 is 14.1 Å². The summed E-state index contributed by atoms with van der Waals surface area (Å²) in [5.74, 6) is 0.154. The van der Waals surface area contributed by atoms with Gasteiger partial charge in [0.05, 0.1) is 16.8 Å². The fraction of sp³-hybridized carbons (Fsp3) is 0.692. The molecule has 0 atom stereocenters. The molecule has 0 unspecified atom stereocenters. The number of carbonyl (C=O) groups is 1. The topological polar surface area (TPSA) is 53.4 Å². The summed E-state index contributed by atoms with van der Waals surface area (Å²) in [5.41, 5.74) is 0.609. The molecule has 2 aliphatic heterocycles. The second-order valence-corrected chi connectivity index (χ2v) is 6.29. The van der Waals surface area contributed by atoms with Crippen molar-refractivity contribution >= 4 is 18.5 Å². The van der Waals surface area contributed by atoms with E-state index in [0.29, 0.717) is 17.7 Å². The molecule has 0 radical (unpaired) electrons. The highest BCUT2D eigenvalue weighted by Crippen LogP contribution is 2.36. The Morgan fingerprint density at radius 1 is 1.26 bits per heavy atom. The first-order chi connectivity index (χ1) is 8.80. The van der Waals surface area contributed by atoms with Gasteiger partial charge in [0.1, 0.15) is 5.69 Å². The Labute approximate surface area is 113 Å². The van der Waals surface area contributed by atoms with Crippen LogP contribution in [0.1, 0.15) is 51.0 Å². The monoisotopic (exact) mass is 262 g/mol. The van der Waals surface area contributed by atoms with Crippen molar-refractivity contribution in [1.29, 1.82) is 0 Å². The van der Waals surface area contributed by atoms with E-state index in [4.69, 9.17) is 9.31 Å². The van der Waals surface area contributed by atoms with E-state index in [2.05, 4.69) is 5.10 Å². The smallest absolute Gasteiger partial charge is 0.398 e. The van der Waals surface area contributed by atoms with Gasteiger partial charge in [0.25, 0.3) is 0 Å². The van der Waals surface area contributed by atoms with Gasteiger partial charge in [-0.15, -0.1) is 0 Å². The summed E-state index contributed by atoms with van der Waals surface area (Å²) < 4.78 is 13.7. The Morgan fingerprint density at radius 2 is 1.89 bits per heavy atom. The van der Waals surface area contributed by atoms with E-state index in [1.54, 1.807) is 4.68 Å². The van der Waals surface area contributed by atoms with E-state index in [-0.39, 0.29) is 17.0 Å². The standard InChI is InChI=1S/C13H19BN2O3/c1-12(2)13(3,4)19-14(18-12)11-8-9-10(17)6-5-7-16(9)15-11/h8H,5-7H2,1-4H3. The Morgan fingerprint density at radius 3 is 2.47 bits per heavy atom. The number of hydrogen-bond donors (Lipinski definition) is 0. The van der Waals surface area contributed by atoms with Gasteiger partial charge in [0.2, 0.25) is 0 Å². The Kier molecular flexibility index (Phi) is 2.66. The molecule has 0 N–H and O–H groups in total. The number of fused-ring (bicyclic) bond motifs is 1. The van der Waals surface area contributed by atoms with Crippen LogP contribution < -0.4 is 5.59 Å². The van der Waals surface area contributed by atoms with Crippen LogP contribution in [0.2, 0.25) is 0 Å². The van der Waals surface area contributed by atoms with Crippen molar-refractivity contribution in [2.75, 3.05) is 0 Å². The highest BCUT2D eigenvalue weighted by Gasteiger charge is 2.52. The van der Waals surface area contributed by atoms with Crippen LogP contribution in [0.4, 0.5) is 0 Å². The minimum absolute atomic E-state index is 0.154. The number of aromatic nitrogens is 2. The van der Waals surface area contributed by atoms with Crippen LogP contribution in [0.3, 0.4) is 0 Å². The van der Waals surface area contributed by atoms with Gasteiger partial charge < -0.3 is 9.31 Å². The highest BCUT2D eigenvalue weighted by molar-refractivity contribution is 6.61. The Bertz CT molecular complexity index is 520. The number of Topliss-reactive ketones (excluding diaryl/α,β-unsaturated/α-hetero) is 1. The van der Waals surface area contributed by atoms with Gasteiger partial charge in [0.15, 0.2) is 5.78 Å². The Balaban J connectivity index is 1.91. The summed E-state index contributed by atoms with van der Waals surface area (Å²) in [6.07, 6.45) is 1.46. The van der Waals surface area contributed by atoms with Crippen molar-refractivity contribution in [3.8, 4) is 0 Å². The molecule has 1 fully saturated rings. The number of nitrogens with zero attached hydrogens (tertiary/aromatic N) is 2. The first kappa shape index (κ1) is 12.9. The summed E-state index contributed by atoms with van der Waals surface area (Å²) >= 11 is 0. The molecular weight excluding hydrogens is 243 g/mol. The molecule has 0 amide bonds. The number of ketones is 1. The fourth-order valence-electron chi connectivity index (χ4n) is 2.43. The molecule has 6 heteroatoms. The van der Waals surface area contributed by atoms with Gasteiger partial charge in [-0.25, -0.2) is 0 Å². The van der Waals surface area contributed by atoms with E-state index >= 15 is 0 Å². The van der Waals surface area contributed by atoms with Crippen LogP contribution in [-0.4, -0.2) is 33.9 Å². The van der Waals surface area contributed by atoms with Crippen molar-refractivity contribution in [2.24, 2.45) is 0 Å². The minimum Gasteiger partial charge on any atom is -0.398 e. The minimum atomic E-state index is -0.490. The first-order valence-electron chi connectivity index (χ1n) is 6.77. The molecule has 1 aromatic heterocycles. The van der Waals surface area contributed by atoms with E-state index in [0.717, 1.165) is 13.0 Å². The van der Waals surface area contributed by atoms with Crippen LogP contribution in [0.15, 0.2) is 6.07 Å². The molecule has 19 heavy (non-hydrogen) atoms. The van der Waals surface area contributed by atoms with Crippen LogP contribution in [0, 0.1) is 0 Å². The predicted octanol–water partition coefficient (Wildman–Crippen LogP) is 1.16. The third-order valence-corrected chi connectivity index (χ3v) is 4.35. The maximum Gasteiger partial charge on any atom is 0.516 e. The second kappa shape index (κ2) is 3.93. The molecule has 0 aliphatic carbocycles. The molecule has 102 valence electrons. The fourth-order valence-corrected chi connectivity index (χ4v) is 2.43. The third-order valence-electron chi connectivity index (χ3n) is 4.35. The van der Waals surface area contributed by atoms with Gasteiger partial charge in [-0.05, 0) is 40.2 Å². The van der Waals surface area contributed by atoms with Gasteiger partial charge in [-0.2, -0.15) is 5.10 Å². The molecule has 3 rings (SSSR count). The number of hydrogen-bond acceptors (Lipinski definition) is 4. The summed E-state index contributed by atoms with van der Waals surface area (Å²) in [6.45, 7) is 8.82. The molecule has 1 aromatic rings. The molecule has 5 nitrogen and oxygen atoms in total. The first-order valence-corrected chi connectivity index (χ1v) is 6.77. The van der Waals surface area contributed by atoms with Crippen LogP contribution in [0.5, 0.6) is 0 Å².